The maximum Gasteiger partial charge on any atom is 0.236 e. The molecule has 1 fully saturated rings. The zero-order valence-corrected chi connectivity index (χ0v) is 13.7. The van der Waals surface area contributed by atoms with E-state index in [0.29, 0.717) is 0 Å². The van der Waals surface area contributed by atoms with Crippen LogP contribution in [0.25, 0.3) is 0 Å². The van der Waals surface area contributed by atoms with Crippen LogP contribution in [0.2, 0.25) is 39.3 Å². The second-order valence-electron chi connectivity index (χ2n) is 6.27. The van der Waals surface area contributed by atoms with Crippen LogP contribution in [0.5, 0.6) is 0 Å². The Kier molecular flexibility index (Phi) is 3.48. The molecule has 1 rings (SSSR count). The summed E-state index contributed by atoms with van der Waals surface area (Å²) in [5, 5.41) is 0. The summed E-state index contributed by atoms with van der Waals surface area (Å²) in [6, 6.07) is 0.784. The van der Waals surface area contributed by atoms with Crippen LogP contribution < -0.4 is 0 Å². The van der Waals surface area contributed by atoms with Crippen molar-refractivity contribution in [2.45, 2.75) is 52.2 Å². The summed E-state index contributed by atoms with van der Waals surface area (Å²) in [5.74, 6) is 0. The van der Waals surface area contributed by atoms with Gasteiger partial charge >= 0.3 is 0 Å². The van der Waals surface area contributed by atoms with E-state index in [1.165, 1.54) is 6.54 Å². The number of rotatable bonds is 2. The average molecular weight is 245 g/mol. The van der Waals surface area contributed by atoms with E-state index >= 15 is 0 Å². The van der Waals surface area contributed by atoms with Crippen molar-refractivity contribution in [3.05, 3.63) is 0 Å². The molecule has 1 atom stereocenters. The SMILES string of the molecule is CC1CN([Si](C)(C)C)[Si]N1[Si](C)(C)C. The molecule has 0 amide bonds. The Balaban J connectivity index is 2.70. The maximum absolute atomic E-state index is 2.78. The van der Waals surface area contributed by atoms with Gasteiger partial charge in [0, 0.05) is 12.6 Å². The lowest BCUT2D eigenvalue weighted by Crippen LogP contribution is -2.53. The van der Waals surface area contributed by atoms with Gasteiger partial charge in [-0.3, -0.25) is 0 Å². The lowest BCUT2D eigenvalue weighted by atomic mass is 10.4. The maximum atomic E-state index is 2.78. The Morgan fingerprint density at radius 1 is 1.00 bits per heavy atom. The second-order valence-corrected chi connectivity index (χ2v) is 18.1. The smallest absolute Gasteiger partial charge is 0.236 e. The van der Waals surface area contributed by atoms with Crippen molar-refractivity contribution in [2.24, 2.45) is 0 Å². The van der Waals surface area contributed by atoms with Crippen LogP contribution in [-0.4, -0.2) is 47.4 Å². The molecule has 1 saturated heterocycles. The highest BCUT2D eigenvalue weighted by Gasteiger charge is 2.40. The van der Waals surface area contributed by atoms with Crippen LogP contribution in [0.15, 0.2) is 0 Å². The van der Waals surface area contributed by atoms with Crippen LogP contribution in [-0.2, 0) is 0 Å². The van der Waals surface area contributed by atoms with Gasteiger partial charge in [0.1, 0.15) is 16.5 Å². The zero-order chi connectivity index (χ0) is 11.1. The van der Waals surface area contributed by atoms with Gasteiger partial charge in [-0.05, 0) is 6.92 Å². The Morgan fingerprint density at radius 2 is 1.50 bits per heavy atom. The van der Waals surface area contributed by atoms with Crippen molar-refractivity contribution < 1.29 is 0 Å². The van der Waals surface area contributed by atoms with Crippen LogP contribution in [0, 0.1) is 0 Å². The molecule has 0 saturated carbocycles. The third kappa shape index (κ3) is 2.79. The van der Waals surface area contributed by atoms with Gasteiger partial charge in [0.15, 0.2) is 0 Å². The lowest BCUT2D eigenvalue weighted by Gasteiger charge is -2.33. The van der Waals surface area contributed by atoms with Crippen molar-refractivity contribution in [1.29, 1.82) is 0 Å². The normalized spacial score (nSPS) is 27.2. The molecule has 1 heterocycles. The molecule has 0 bridgehead atoms. The molecular formula is C9H24N2Si3. The molecule has 0 spiro atoms. The predicted molar refractivity (Wildman–Crippen MR) is 70.5 cm³/mol. The number of nitrogens with zero attached hydrogens (tertiary/aromatic N) is 2. The van der Waals surface area contributed by atoms with Crippen LogP contribution >= 0.6 is 0 Å². The summed E-state index contributed by atoms with van der Waals surface area (Å²) < 4.78 is 5.54. The summed E-state index contributed by atoms with van der Waals surface area (Å²) >= 11 is 0. The summed E-state index contributed by atoms with van der Waals surface area (Å²) in [5.41, 5.74) is 0. The molecular weight excluding hydrogens is 220 g/mol. The van der Waals surface area contributed by atoms with Crippen molar-refractivity contribution in [1.82, 2.24) is 8.46 Å². The van der Waals surface area contributed by atoms with Crippen LogP contribution in [0.1, 0.15) is 6.92 Å². The summed E-state index contributed by atoms with van der Waals surface area (Å²) in [6.07, 6.45) is 0. The van der Waals surface area contributed by atoms with Crippen LogP contribution in [0.3, 0.4) is 0 Å². The fourth-order valence-electron chi connectivity index (χ4n) is 1.85. The molecule has 14 heavy (non-hydrogen) atoms. The Morgan fingerprint density at radius 3 is 1.71 bits per heavy atom. The van der Waals surface area contributed by atoms with E-state index in [1.54, 1.807) is 0 Å². The molecule has 0 aromatic heterocycles. The Labute approximate surface area is 93.8 Å². The predicted octanol–water partition coefficient (Wildman–Crippen LogP) is 2.20. The van der Waals surface area contributed by atoms with Crippen molar-refractivity contribution in [3.8, 4) is 0 Å². The average Bonchev–Trinajstić information content (AvgIpc) is 2.27. The minimum absolute atomic E-state index is 0.784. The fourth-order valence-corrected chi connectivity index (χ4v) is 8.34. The molecule has 2 nitrogen and oxygen atoms in total. The highest BCUT2D eigenvalue weighted by atomic mass is 28.4. The quantitative estimate of drug-likeness (QED) is 0.687. The first-order valence-electron chi connectivity index (χ1n) is 5.45. The van der Waals surface area contributed by atoms with Gasteiger partial charge in [0.2, 0.25) is 9.84 Å². The molecule has 2 radical (unpaired) electrons. The van der Waals surface area contributed by atoms with Crippen molar-refractivity contribution in [2.75, 3.05) is 6.54 Å². The highest BCUT2D eigenvalue weighted by molar-refractivity contribution is 6.84. The van der Waals surface area contributed by atoms with Gasteiger partial charge in [0.05, 0.1) is 0 Å². The van der Waals surface area contributed by atoms with Crippen molar-refractivity contribution in [3.63, 3.8) is 0 Å². The van der Waals surface area contributed by atoms with E-state index in [2.05, 4.69) is 54.7 Å². The van der Waals surface area contributed by atoms with Gasteiger partial charge in [-0.2, -0.15) is 0 Å². The molecule has 0 aromatic carbocycles. The van der Waals surface area contributed by atoms with E-state index in [1.807, 2.05) is 0 Å². The molecule has 1 aliphatic rings. The largest absolute Gasteiger partial charge is 0.333 e. The molecule has 1 unspecified atom stereocenters. The van der Waals surface area contributed by atoms with Gasteiger partial charge in [-0.15, -0.1) is 0 Å². The van der Waals surface area contributed by atoms with Gasteiger partial charge in [-0.1, -0.05) is 39.3 Å². The molecule has 0 aromatic rings. The third-order valence-corrected chi connectivity index (χ3v) is 12.0. The second kappa shape index (κ2) is 3.86. The lowest BCUT2D eigenvalue weighted by molar-refractivity contribution is 0.512. The summed E-state index contributed by atoms with van der Waals surface area (Å²) in [6.45, 7) is 18.5. The van der Waals surface area contributed by atoms with Gasteiger partial charge in [0.25, 0.3) is 0 Å². The van der Waals surface area contributed by atoms with Crippen LogP contribution in [0.4, 0.5) is 0 Å². The number of hydrogen-bond donors (Lipinski definition) is 0. The van der Waals surface area contributed by atoms with Gasteiger partial charge < -0.3 is 8.46 Å². The van der Waals surface area contributed by atoms with Crippen molar-refractivity contribution >= 4 is 26.3 Å². The first-order chi connectivity index (χ1) is 6.12. The zero-order valence-electron chi connectivity index (χ0n) is 10.7. The third-order valence-electron chi connectivity index (χ3n) is 2.65. The van der Waals surface area contributed by atoms with E-state index in [4.69, 9.17) is 0 Å². The topological polar surface area (TPSA) is 6.48 Å². The fraction of sp³-hybridized carbons (Fsp3) is 1.00. The molecule has 82 valence electrons. The minimum Gasteiger partial charge on any atom is -0.333 e. The van der Waals surface area contributed by atoms with E-state index in [9.17, 15) is 0 Å². The summed E-state index contributed by atoms with van der Waals surface area (Å²) in [7, 11) is -1.18. The molecule has 0 N–H and O–H groups in total. The first kappa shape index (κ1) is 12.6. The molecule has 1 aliphatic heterocycles. The van der Waals surface area contributed by atoms with E-state index in [0.717, 1.165) is 15.9 Å². The number of hydrogen-bond acceptors (Lipinski definition) is 2. The summed E-state index contributed by atoms with van der Waals surface area (Å²) in [4.78, 5) is 0. The highest BCUT2D eigenvalue weighted by Crippen LogP contribution is 2.23. The van der Waals surface area contributed by atoms with Gasteiger partial charge in [-0.25, -0.2) is 0 Å². The minimum atomic E-state index is -1.08. The Bertz CT molecular complexity index is 207. The van der Waals surface area contributed by atoms with E-state index < -0.39 is 16.5 Å². The first-order valence-corrected chi connectivity index (χ1v) is 13.2. The Hall–Kier alpha value is 0.571. The monoisotopic (exact) mass is 244 g/mol. The molecule has 0 aliphatic carbocycles. The molecule has 5 heteroatoms. The van der Waals surface area contributed by atoms with E-state index in [-0.39, 0.29) is 0 Å². The standard InChI is InChI=1S/C9H24N2Si3/c1-9-8-10(13(2,3)4)12-11(9)14(5,6)7/h9H,8H2,1-7H3.